The molecule has 0 atom stereocenters. The summed E-state index contributed by atoms with van der Waals surface area (Å²) in [6, 6.07) is 25.4. The molecule has 4 aromatic rings. The van der Waals surface area contributed by atoms with E-state index in [0.29, 0.717) is 16.9 Å². The molecule has 7 heteroatoms. The predicted octanol–water partition coefficient (Wildman–Crippen LogP) is 5.52. The van der Waals surface area contributed by atoms with E-state index in [1.165, 1.54) is 6.21 Å². The third kappa shape index (κ3) is 5.20. The third-order valence-electron chi connectivity index (χ3n) is 4.97. The van der Waals surface area contributed by atoms with Crippen LogP contribution in [0.3, 0.4) is 0 Å². The summed E-state index contributed by atoms with van der Waals surface area (Å²) in [4.78, 5) is 12.6. The molecular weight excluding hydrogens is 482 g/mol. The maximum atomic E-state index is 12.6. The van der Waals surface area contributed by atoms with Crippen LogP contribution >= 0.6 is 15.9 Å². The van der Waals surface area contributed by atoms with Crippen LogP contribution in [0.4, 0.5) is 0 Å². The SMILES string of the molecule is N#Cc1ccccc1COc1ccc(Br)cc1C=NNC(=O)c1cc2ccccc2cc1O. The smallest absolute Gasteiger partial charge is 0.275 e. The van der Waals surface area contributed by atoms with Crippen molar-refractivity contribution in [2.24, 2.45) is 5.10 Å². The van der Waals surface area contributed by atoms with Crippen molar-refractivity contribution in [3.8, 4) is 17.6 Å². The molecule has 0 aliphatic rings. The lowest BCUT2D eigenvalue weighted by atomic mass is 10.1. The number of hydrogen-bond acceptors (Lipinski definition) is 5. The van der Waals surface area contributed by atoms with Gasteiger partial charge in [-0.15, -0.1) is 0 Å². The second kappa shape index (κ2) is 9.98. The van der Waals surface area contributed by atoms with Crippen molar-refractivity contribution >= 4 is 38.8 Å². The van der Waals surface area contributed by atoms with E-state index in [1.807, 2.05) is 42.5 Å². The van der Waals surface area contributed by atoms with Crippen LogP contribution in [-0.4, -0.2) is 17.2 Å². The summed E-state index contributed by atoms with van der Waals surface area (Å²) in [5, 5.41) is 25.2. The van der Waals surface area contributed by atoms with Crippen molar-refractivity contribution in [2.45, 2.75) is 6.61 Å². The van der Waals surface area contributed by atoms with Gasteiger partial charge in [-0.05, 0) is 47.2 Å². The fourth-order valence-corrected chi connectivity index (χ4v) is 3.67. The zero-order chi connectivity index (χ0) is 23.2. The van der Waals surface area contributed by atoms with E-state index >= 15 is 0 Å². The Kier molecular flexibility index (Phi) is 6.67. The van der Waals surface area contributed by atoms with E-state index in [-0.39, 0.29) is 17.9 Å². The molecule has 0 heterocycles. The second-order valence-corrected chi connectivity index (χ2v) is 8.07. The van der Waals surface area contributed by atoms with Gasteiger partial charge in [0.05, 0.1) is 23.4 Å². The maximum absolute atomic E-state index is 12.6. The molecule has 0 bridgehead atoms. The number of carbonyl (C=O) groups excluding carboxylic acids is 1. The van der Waals surface area contributed by atoms with Crippen LogP contribution in [0.15, 0.2) is 88.4 Å². The summed E-state index contributed by atoms with van der Waals surface area (Å²) < 4.78 is 6.73. The Morgan fingerprint density at radius 1 is 1.06 bits per heavy atom. The number of ether oxygens (including phenoxy) is 1. The highest BCUT2D eigenvalue weighted by molar-refractivity contribution is 9.10. The molecule has 0 aromatic heterocycles. The number of nitrogens with one attached hydrogen (secondary N) is 1. The molecule has 162 valence electrons. The number of halogens is 1. The zero-order valence-corrected chi connectivity index (χ0v) is 18.9. The number of benzene rings is 4. The normalized spacial score (nSPS) is 10.8. The summed E-state index contributed by atoms with van der Waals surface area (Å²) in [6.07, 6.45) is 1.46. The first-order valence-electron chi connectivity index (χ1n) is 10.0. The Bertz CT molecular complexity index is 1410. The van der Waals surface area contributed by atoms with E-state index < -0.39 is 5.91 Å². The van der Waals surface area contributed by atoms with Crippen molar-refractivity contribution in [1.82, 2.24) is 5.43 Å². The Balaban J connectivity index is 1.50. The number of aromatic hydroxyl groups is 1. The van der Waals surface area contributed by atoms with E-state index in [2.05, 4.69) is 32.5 Å². The summed E-state index contributed by atoms with van der Waals surface area (Å²) in [5.74, 6) is -0.114. The van der Waals surface area contributed by atoms with Crippen molar-refractivity contribution in [1.29, 1.82) is 5.26 Å². The van der Waals surface area contributed by atoms with E-state index in [4.69, 9.17) is 4.74 Å². The largest absolute Gasteiger partial charge is 0.507 e. The molecule has 0 fully saturated rings. The van der Waals surface area contributed by atoms with Gasteiger partial charge in [-0.2, -0.15) is 10.4 Å². The fourth-order valence-electron chi connectivity index (χ4n) is 3.29. The molecule has 1 amide bonds. The highest BCUT2D eigenvalue weighted by Gasteiger charge is 2.12. The molecule has 0 radical (unpaired) electrons. The molecule has 0 spiro atoms. The number of nitriles is 1. The molecule has 33 heavy (non-hydrogen) atoms. The molecule has 0 aliphatic carbocycles. The van der Waals surface area contributed by atoms with Crippen LogP contribution in [0, 0.1) is 11.3 Å². The van der Waals surface area contributed by atoms with Crippen LogP contribution in [0.1, 0.15) is 27.0 Å². The molecule has 0 unspecified atom stereocenters. The Morgan fingerprint density at radius 2 is 1.79 bits per heavy atom. The van der Waals surface area contributed by atoms with Crippen LogP contribution in [0.5, 0.6) is 11.5 Å². The van der Waals surface area contributed by atoms with Crippen molar-refractivity contribution in [3.63, 3.8) is 0 Å². The lowest BCUT2D eigenvalue weighted by Gasteiger charge is -2.11. The lowest BCUT2D eigenvalue weighted by Crippen LogP contribution is -2.17. The van der Waals surface area contributed by atoms with Crippen LogP contribution in [0.2, 0.25) is 0 Å². The monoisotopic (exact) mass is 499 g/mol. The minimum Gasteiger partial charge on any atom is -0.507 e. The Hall–Kier alpha value is -4.15. The number of hydrazone groups is 1. The van der Waals surface area contributed by atoms with Crippen LogP contribution in [-0.2, 0) is 6.61 Å². The second-order valence-electron chi connectivity index (χ2n) is 7.16. The van der Waals surface area contributed by atoms with Crippen molar-refractivity contribution in [2.75, 3.05) is 0 Å². The van der Waals surface area contributed by atoms with Gasteiger partial charge in [-0.3, -0.25) is 4.79 Å². The highest BCUT2D eigenvalue weighted by atomic mass is 79.9. The lowest BCUT2D eigenvalue weighted by molar-refractivity contribution is 0.0952. The number of nitrogens with zero attached hydrogens (tertiary/aromatic N) is 2. The molecule has 6 nitrogen and oxygen atoms in total. The minimum atomic E-state index is -0.532. The summed E-state index contributed by atoms with van der Waals surface area (Å²) in [7, 11) is 0. The van der Waals surface area contributed by atoms with Gasteiger partial charge in [0, 0.05) is 15.6 Å². The fraction of sp³-hybridized carbons (Fsp3) is 0.0385. The summed E-state index contributed by atoms with van der Waals surface area (Å²) >= 11 is 3.42. The summed E-state index contributed by atoms with van der Waals surface area (Å²) in [5.41, 5.74) is 4.52. The number of phenols is 1. The van der Waals surface area contributed by atoms with Gasteiger partial charge >= 0.3 is 0 Å². The quantitative estimate of drug-likeness (QED) is 0.269. The van der Waals surface area contributed by atoms with Gasteiger partial charge in [-0.1, -0.05) is 58.4 Å². The predicted molar refractivity (Wildman–Crippen MR) is 130 cm³/mol. The van der Waals surface area contributed by atoms with Crippen molar-refractivity contribution in [3.05, 3.63) is 106 Å². The molecule has 4 aromatic carbocycles. The first-order chi connectivity index (χ1) is 16.0. The van der Waals surface area contributed by atoms with Gasteiger partial charge < -0.3 is 9.84 Å². The number of amides is 1. The average molecular weight is 500 g/mol. The number of rotatable bonds is 6. The van der Waals surface area contributed by atoms with E-state index in [1.54, 1.807) is 36.4 Å². The maximum Gasteiger partial charge on any atom is 0.275 e. The molecule has 0 saturated heterocycles. The first-order valence-corrected chi connectivity index (χ1v) is 10.8. The zero-order valence-electron chi connectivity index (χ0n) is 17.3. The number of hydrogen-bond donors (Lipinski definition) is 2. The molecule has 4 rings (SSSR count). The van der Waals surface area contributed by atoms with Crippen LogP contribution in [0.25, 0.3) is 10.8 Å². The summed E-state index contributed by atoms with van der Waals surface area (Å²) in [6.45, 7) is 0.212. The van der Waals surface area contributed by atoms with E-state index in [0.717, 1.165) is 20.8 Å². The Labute approximate surface area is 198 Å². The Morgan fingerprint density at radius 3 is 2.58 bits per heavy atom. The molecule has 0 saturated carbocycles. The highest BCUT2D eigenvalue weighted by Crippen LogP contribution is 2.25. The number of phenolic OH excluding ortho intramolecular Hbond substituents is 1. The molecular formula is C26H18BrN3O3. The molecule has 2 N–H and O–H groups in total. The van der Waals surface area contributed by atoms with Gasteiger partial charge in [0.2, 0.25) is 0 Å². The minimum absolute atomic E-state index is 0.121. The average Bonchev–Trinajstić information content (AvgIpc) is 2.83. The third-order valence-corrected chi connectivity index (χ3v) is 5.46. The van der Waals surface area contributed by atoms with E-state index in [9.17, 15) is 15.2 Å². The van der Waals surface area contributed by atoms with Crippen molar-refractivity contribution < 1.29 is 14.6 Å². The molecule has 0 aliphatic heterocycles. The standard InChI is InChI=1S/C26H18BrN3O3/c27-22-9-10-25(33-16-20-8-4-3-7-19(20)14-28)21(11-22)15-29-30-26(32)23-12-17-5-1-2-6-18(17)13-24(23)31/h1-13,15,31H,16H2,(H,30,32). The van der Waals surface area contributed by atoms with Crippen LogP contribution < -0.4 is 10.2 Å². The van der Waals surface area contributed by atoms with Gasteiger partial charge in [0.1, 0.15) is 18.1 Å². The number of fused-ring (bicyclic) bond motifs is 1. The number of carbonyl (C=O) groups is 1. The topological polar surface area (TPSA) is 94.7 Å². The van der Waals surface area contributed by atoms with Gasteiger partial charge in [0.25, 0.3) is 5.91 Å². The van der Waals surface area contributed by atoms with Gasteiger partial charge in [0.15, 0.2) is 0 Å². The van der Waals surface area contributed by atoms with Gasteiger partial charge in [-0.25, -0.2) is 5.43 Å². The first kappa shape index (κ1) is 22.1.